The molecule has 140 valence electrons. The van der Waals surface area contributed by atoms with Gasteiger partial charge in [-0.05, 0) is 5.41 Å². The molecular weight excluding hydrogens is 318 g/mol. The molecule has 0 unspecified atom stereocenters. The smallest absolute Gasteiger partial charge is 0.246 e. The number of rotatable bonds is 13. The number of nitrogens with one attached hydrogen (secondary N) is 2. The van der Waals surface area contributed by atoms with E-state index in [1.807, 2.05) is 20.8 Å². The highest BCUT2D eigenvalue weighted by atomic mass is 16.5. The van der Waals surface area contributed by atoms with Gasteiger partial charge in [-0.3, -0.25) is 14.4 Å². The highest BCUT2D eigenvalue weighted by Gasteiger charge is 2.11. The van der Waals surface area contributed by atoms with Crippen LogP contribution >= 0.6 is 0 Å². The number of carbonyl (C=O) groups is 3. The lowest BCUT2D eigenvalue weighted by atomic mass is 9.97. The summed E-state index contributed by atoms with van der Waals surface area (Å²) < 4.78 is 15.4. The summed E-state index contributed by atoms with van der Waals surface area (Å²) in [7, 11) is 0. The first-order valence-corrected chi connectivity index (χ1v) is 7.75. The molecule has 0 aliphatic rings. The maximum absolute atomic E-state index is 11.5. The van der Waals surface area contributed by atoms with E-state index in [-0.39, 0.29) is 37.7 Å². The van der Waals surface area contributed by atoms with Crippen molar-refractivity contribution >= 4 is 17.7 Å². The van der Waals surface area contributed by atoms with E-state index in [1.165, 1.54) is 0 Å². The fourth-order valence-electron chi connectivity index (χ4n) is 1.32. The summed E-state index contributed by atoms with van der Waals surface area (Å²) in [5.41, 5.74) is 4.92. The van der Waals surface area contributed by atoms with Crippen LogP contribution in [0.15, 0.2) is 0 Å². The SMILES string of the molecule is CC(C)(C)CNC(=O)COCCOCCOCC(=O)NCC(N)=O. The first-order valence-electron chi connectivity index (χ1n) is 7.75. The minimum absolute atomic E-state index is 0.00399. The van der Waals surface area contributed by atoms with Crippen molar-refractivity contribution in [1.82, 2.24) is 10.6 Å². The Morgan fingerprint density at radius 1 is 0.833 bits per heavy atom. The molecule has 24 heavy (non-hydrogen) atoms. The topological polar surface area (TPSA) is 129 Å². The van der Waals surface area contributed by atoms with Crippen LogP contribution in [0.5, 0.6) is 0 Å². The van der Waals surface area contributed by atoms with Gasteiger partial charge in [-0.1, -0.05) is 20.8 Å². The zero-order valence-corrected chi connectivity index (χ0v) is 14.7. The molecular formula is C15H29N3O6. The fourth-order valence-corrected chi connectivity index (χ4v) is 1.32. The lowest BCUT2D eigenvalue weighted by molar-refractivity contribution is -0.128. The molecule has 0 aromatic rings. The Bertz CT molecular complexity index is 395. The van der Waals surface area contributed by atoms with Crippen LogP contribution in [0.1, 0.15) is 20.8 Å². The van der Waals surface area contributed by atoms with Gasteiger partial charge >= 0.3 is 0 Å². The molecule has 0 fully saturated rings. The number of hydrogen-bond donors (Lipinski definition) is 3. The number of primary amides is 1. The number of ether oxygens (including phenoxy) is 3. The Morgan fingerprint density at radius 3 is 1.75 bits per heavy atom. The summed E-state index contributed by atoms with van der Waals surface area (Å²) in [5, 5.41) is 5.07. The third-order valence-electron chi connectivity index (χ3n) is 2.49. The van der Waals surface area contributed by atoms with Crippen molar-refractivity contribution in [2.45, 2.75) is 20.8 Å². The summed E-state index contributed by atoms with van der Waals surface area (Å²) in [6.07, 6.45) is 0. The van der Waals surface area contributed by atoms with Gasteiger partial charge in [0.25, 0.3) is 0 Å². The van der Waals surface area contributed by atoms with Gasteiger partial charge in [0.2, 0.25) is 17.7 Å². The fraction of sp³-hybridized carbons (Fsp3) is 0.800. The molecule has 0 radical (unpaired) electrons. The minimum atomic E-state index is -0.612. The zero-order chi connectivity index (χ0) is 18.4. The molecule has 0 saturated heterocycles. The zero-order valence-electron chi connectivity index (χ0n) is 14.7. The largest absolute Gasteiger partial charge is 0.377 e. The van der Waals surface area contributed by atoms with Crippen LogP contribution in [0.4, 0.5) is 0 Å². The van der Waals surface area contributed by atoms with Crippen molar-refractivity contribution < 1.29 is 28.6 Å². The maximum atomic E-state index is 11.5. The first-order chi connectivity index (χ1) is 11.2. The molecule has 9 heteroatoms. The van der Waals surface area contributed by atoms with Gasteiger partial charge in [0.1, 0.15) is 13.2 Å². The van der Waals surface area contributed by atoms with Crippen molar-refractivity contribution in [3.8, 4) is 0 Å². The Kier molecular flexibility index (Phi) is 11.8. The molecule has 4 N–H and O–H groups in total. The van der Waals surface area contributed by atoms with Crippen molar-refractivity contribution in [1.29, 1.82) is 0 Å². The van der Waals surface area contributed by atoms with Crippen LogP contribution < -0.4 is 16.4 Å². The van der Waals surface area contributed by atoms with Gasteiger partial charge in [0, 0.05) is 6.54 Å². The summed E-state index contributed by atoms with van der Waals surface area (Å²) in [5.74, 6) is -1.19. The molecule has 0 aromatic carbocycles. The lowest BCUT2D eigenvalue weighted by Gasteiger charge is -2.18. The van der Waals surface area contributed by atoms with E-state index in [0.29, 0.717) is 26.4 Å². The second-order valence-corrected chi connectivity index (χ2v) is 6.30. The van der Waals surface area contributed by atoms with Crippen LogP contribution in [-0.2, 0) is 28.6 Å². The van der Waals surface area contributed by atoms with Crippen molar-refractivity contribution in [2.24, 2.45) is 11.1 Å². The maximum Gasteiger partial charge on any atom is 0.246 e. The third-order valence-corrected chi connectivity index (χ3v) is 2.49. The van der Waals surface area contributed by atoms with Gasteiger partial charge < -0.3 is 30.6 Å². The molecule has 0 spiro atoms. The third kappa shape index (κ3) is 16.7. The molecule has 0 aliphatic carbocycles. The lowest BCUT2D eigenvalue weighted by Crippen LogP contribution is -2.35. The molecule has 9 nitrogen and oxygen atoms in total. The number of hydrogen-bond acceptors (Lipinski definition) is 6. The Balaban J connectivity index is 3.35. The van der Waals surface area contributed by atoms with Gasteiger partial charge in [0.05, 0.1) is 33.0 Å². The van der Waals surface area contributed by atoms with Crippen LogP contribution in [0.3, 0.4) is 0 Å². The average Bonchev–Trinajstić information content (AvgIpc) is 2.48. The summed E-state index contributed by atoms with van der Waals surface area (Å²) in [6, 6.07) is 0. The number of carbonyl (C=O) groups excluding carboxylic acids is 3. The molecule has 0 rings (SSSR count). The highest BCUT2D eigenvalue weighted by molar-refractivity contribution is 5.84. The molecule has 0 aliphatic heterocycles. The summed E-state index contributed by atoms with van der Waals surface area (Å²) in [6.45, 7) is 7.46. The average molecular weight is 347 g/mol. The van der Waals surface area contributed by atoms with Crippen LogP contribution in [0.2, 0.25) is 0 Å². The van der Waals surface area contributed by atoms with Crippen LogP contribution in [0, 0.1) is 5.41 Å². The molecule has 0 aromatic heterocycles. The standard InChI is InChI=1S/C15H29N3O6/c1-15(2,3)11-18-14(21)10-24-7-5-22-4-6-23-9-13(20)17-8-12(16)19/h4-11H2,1-3H3,(H2,16,19)(H,17,20)(H,18,21). The number of nitrogens with two attached hydrogens (primary N) is 1. The van der Waals surface area contributed by atoms with Crippen LogP contribution in [0.25, 0.3) is 0 Å². The van der Waals surface area contributed by atoms with Gasteiger partial charge in [-0.15, -0.1) is 0 Å². The Morgan fingerprint density at radius 2 is 1.29 bits per heavy atom. The van der Waals surface area contributed by atoms with E-state index in [9.17, 15) is 14.4 Å². The van der Waals surface area contributed by atoms with Crippen molar-refractivity contribution in [3.05, 3.63) is 0 Å². The Hall–Kier alpha value is -1.71. The van der Waals surface area contributed by atoms with Crippen LogP contribution in [-0.4, -0.2) is 70.5 Å². The van der Waals surface area contributed by atoms with E-state index in [0.717, 1.165) is 0 Å². The van der Waals surface area contributed by atoms with Crippen molar-refractivity contribution in [2.75, 3.05) is 52.7 Å². The second-order valence-electron chi connectivity index (χ2n) is 6.30. The predicted octanol–water partition coefficient (Wildman–Crippen LogP) is -1.20. The summed E-state index contributed by atoms with van der Waals surface area (Å²) >= 11 is 0. The van der Waals surface area contributed by atoms with E-state index in [4.69, 9.17) is 19.9 Å². The molecule has 3 amide bonds. The number of amides is 3. The van der Waals surface area contributed by atoms with Gasteiger partial charge in [0.15, 0.2) is 0 Å². The van der Waals surface area contributed by atoms with E-state index >= 15 is 0 Å². The van der Waals surface area contributed by atoms with E-state index < -0.39 is 11.8 Å². The van der Waals surface area contributed by atoms with E-state index in [2.05, 4.69) is 10.6 Å². The monoisotopic (exact) mass is 347 g/mol. The van der Waals surface area contributed by atoms with Gasteiger partial charge in [-0.25, -0.2) is 0 Å². The summed E-state index contributed by atoms with van der Waals surface area (Å²) in [4.78, 5) is 33.1. The van der Waals surface area contributed by atoms with Gasteiger partial charge in [-0.2, -0.15) is 0 Å². The Labute approximate surface area is 142 Å². The molecule has 0 atom stereocenters. The first kappa shape index (κ1) is 22.3. The molecule has 0 saturated carbocycles. The molecule has 0 heterocycles. The minimum Gasteiger partial charge on any atom is -0.377 e. The van der Waals surface area contributed by atoms with E-state index in [1.54, 1.807) is 0 Å². The van der Waals surface area contributed by atoms with Crippen molar-refractivity contribution in [3.63, 3.8) is 0 Å². The predicted molar refractivity (Wildman–Crippen MR) is 87.1 cm³/mol. The quantitative estimate of drug-likeness (QED) is 0.359. The highest BCUT2D eigenvalue weighted by Crippen LogP contribution is 2.09. The second kappa shape index (κ2) is 12.7. The molecule has 0 bridgehead atoms. The normalized spacial score (nSPS) is 11.1.